The second-order valence-corrected chi connectivity index (χ2v) is 7.41. The molecular formula is C25H15F5O7. The van der Waals surface area contributed by atoms with E-state index in [1.165, 1.54) is 32.2 Å². The van der Waals surface area contributed by atoms with Crippen molar-refractivity contribution in [3.8, 4) is 28.7 Å². The van der Waals surface area contributed by atoms with E-state index in [0.717, 1.165) is 0 Å². The molecule has 0 saturated heterocycles. The maximum atomic E-state index is 13.7. The Kier molecular flexibility index (Phi) is 7.00. The summed E-state index contributed by atoms with van der Waals surface area (Å²) in [5.74, 6) is -13.3. The van der Waals surface area contributed by atoms with Gasteiger partial charge in [0.2, 0.25) is 40.3 Å². The van der Waals surface area contributed by atoms with Gasteiger partial charge in [-0.1, -0.05) is 0 Å². The lowest BCUT2D eigenvalue weighted by Gasteiger charge is -2.11. The fourth-order valence-electron chi connectivity index (χ4n) is 3.21. The molecule has 0 aliphatic heterocycles. The molecular weight excluding hydrogens is 507 g/mol. The Balaban J connectivity index is 1.51. The van der Waals surface area contributed by atoms with E-state index in [9.17, 15) is 31.5 Å². The SMILES string of the molecule is COc1ccc(Oc2c(C)oc3cc(OC(=O)COc4c(F)c(F)c(F)c(F)c4F)ccc3c2=O)cc1. The molecule has 0 fully saturated rings. The fraction of sp³-hybridized carbons (Fsp3) is 0.120. The van der Waals surface area contributed by atoms with Crippen LogP contribution >= 0.6 is 0 Å². The summed E-state index contributed by atoms with van der Waals surface area (Å²) in [6.45, 7) is 0.296. The van der Waals surface area contributed by atoms with E-state index in [2.05, 4.69) is 4.74 Å². The molecule has 37 heavy (non-hydrogen) atoms. The lowest BCUT2D eigenvalue weighted by molar-refractivity contribution is -0.136. The smallest absolute Gasteiger partial charge is 0.349 e. The summed E-state index contributed by atoms with van der Waals surface area (Å²) in [5, 5.41) is 0.0894. The molecule has 7 nitrogen and oxygen atoms in total. The summed E-state index contributed by atoms with van der Waals surface area (Å²) in [7, 11) is 1.50. The lowest BCUT2D eigenvalue weighted by atomic mass is 10.2. The first kappa shape index (κ1) is 25.5. The maximum Gasteiger partial charge on any atom is 0.349 e. The molecule has 0 unspecified atom stereocenters. The zero-order chi connectivity index (χ0) is 26.9. The topological polar surface area (TPSA) is 84.2 Å². The minimum absolute atomic E-state index is 0.0237. The van der Waals surface area contributed by atoms with Crippen molar-refractivity contribution in [3.05, 3.63) is 87.5 Å². The van der Waals surface area contributed by atoms with Crippen LogP contribution in [0.1, 0.15) is 5.76 Å². The summed E-state index contributed by atoms with van der Waals surface area (Å²) in [4.78, 5) is 25.0. The van der Waals surface area contributed by atoms with Gasteiger partial charge in [-0.15, -0.1) is 0 Å². The molecule has 4 rings (SSSR count). The molecule has 3 aromatic carbocycles. The van der Waals surface area contributed by atoms with E-state index >= 15 is 0 Å². The van der Waals surface area contributed by atoms with Crippen LogP contribution in [0.2, 0.25) is 0 Å². The Bertz CT molecular complexity index is 1540. The highest BCUT2D eigenvalue weighted by atomic mass is 19.2. The van der Waals surface area contributed by atoms with Crippen molar-refractivity contribution in [3.63, 3.8) is 0 Å². The van der Waals surface area contributed by atoms with E-state index in [1.54, 1.807) is 24.3 Å². The van der Waals surface area contributed by atoms with Crippen molar-refractivity contribution in [1.29, 1.82) is 0 Å². The van der Waals surface area contributed by atoms with E-state index in [-0.39, 0.29) is 28.2 Å². The Morgan fingerprint density at radius 2 is 1.38 bits per heavy atom. The summed E-state index contributed by atoms with van der Waals surface area (Å²) in [6, 6.07) is 10.2. The largest absolute Gasteiger partial charge is 0.497 e. The number of esters is 1. The highest BCUT2D eigenvalue weighted by Gasteiger charge is 2.27. The second-order valence-electron chi connectivity index (χ2n) is 7.41. The third-order valence-corrected chi connectivity index (χ3v) is 5.00. The molecule has 0 N–H and O–H groups in total. The number of carbonyl (C=O) groups excluding carboxylic acids is 1. The van der Waals surface area contributed by atoms with Gasteiger partial charge in [0.15, 0.2) is 12.4 Å². The van der Waals surface area contributed by atoms with E-state index in [4.69, 9.17) is 18.6 Å². The van der Waals surface area contributed by atoms with Crippen LogP contribution in [-0.4, -0.2) is 19.7 Å². The van der Waals surface area contributed by atoms with Crippen molar-refractivity contribution in [2.75, 3.05) is 13.7 Å². The van der Waals surface area contributed by atoms with Crippen LogP contribution in [0.3, 0.4) is 0 Å². The minimum Gasteiger partial charge on any atom is -0.497 e. The van der Waals surface area contributed by atoms with Crippen molar-refractivity contribution in [1.82, 2.24) is 0 Å². The van der Waals surface area contributed by atoms with Crippen LogP contribution in [0.5, 0.6) is 28.7 Å². The predicted octanol–water partition coefficient (Wildman–Crippen LogP) is 5.58. The molecule has 0 aliphatic carbocycles. The zero-order valence-electron chi connectivity index (χ0n) is 19.0. The molecule has 12 heteroatoms. The number of carbonyl (C=O) groups is 1. The van der Waals surface area contributed by atoms with Crippen LogP contribution in [0, 0.1) is 36.0 Å². The Morgan fingerprint density at radius 3 is 2.00 bits per heavy atom. The number of rotatable bonds is 7. The number of methoxy groups -OCH3 is 1. The number of halogens is 5. The van der Waals surface area contributed by atoms with Crippen LogP contribution < -0.4 is 24.4 Å². The molecule has 0 amide bonds. The Labute approximate surface area is 204 Å². The first-order valence-electron chi connectivity index (χ1n) is 10.3. The molecule has 0 bridgehead atoms. The molecule has 0 spiro atoms. The number of aryl methyl sites for hydroxylation is 1. The molecule has 0 saturated carbocycles. The first-order chi connectivity index (χ1) is 17.6. The molecule has 0 aliphatic rings. The van der Waals surface area contributed by atoms with Crippen molar-refractivity contribution >= 4 is 16.9 Å². The van der Waals surface area contributed by atoms with Crippen molar-refractivity contribution < 1.29 is 50.1 Å². The number of ether oxygens (including phenoxy) is 4. The third-order valence-electron chi connectivity index (χ3n) is 5.00. The van der Waals surface area contributed by atoms with E-state index in [0.29, 0.717) is 11.5 Å². The standard InChI is InChI=1S/C25H15F5O7/c1-11-24(37-13-5-3-12(33-2)4-6-13)23(32)15-8-7-14(9-16(15)35-11)36-17(31)10-34-25-21(29)19(27)18(26)20(28)22(25)30/h3-9H,10H2,1-2H3. The molecule has 1 aromatic heterocycles. The lowest BCUT2D eigenvalue weighted by Crippen LogP contribution is -2.19. The number of hydrogen-bond donors (Lipinski definition) is 0. The highest BCUT2D eigenvalue weighted by Crippen LogP contribution is 2.30. The predicted molar refractivity (Wildman–Crippen MR) is 118 cm³/mol. The van der Waals surface area contributed by atoms with Crippen molar-refractivity contribution in [2.45, 2.75) is 6.92 Å². The fourth-order valence-corrected chi connectivity index (χ4v) is 3.21. The number of benzene rings is 3. The van der Waals surface area contributed by atoms with Crippen LogP contribution in [0.4, 0.5) is 22.0 Å². The average molecular weight is 522 g/mol. The summed E-state index contributed by atoms with van der Waals surface area (Å²) in [5.41, 5.74) is -0.488. The molecule has 4 aromatic rings. The Hall–Kier alpha value is -4.61. The van der Waals surface area contributed by atoms with Gasteiger partial charge in [0.25, 0.3) is 0 Å². The number of hydrogen-bond acceptors (Lipinski definition) is 7. The van der Waals surface area contributed by atoms with Gasteiger partial charge in [-0.3, -0.25) is 4.79 Å². The average Bonchev–Trinajstić information content (AvgIpc) is 2.89. The monoisotopic (exact) mass is 522 g/mol. The summed E-state index contributed by atoms with van der Waals surface area (Å²) in [6.07, 6.45) is 0. The first-order valence-corrected chi connectivity index (χ1v) is 10.3. The van der Waals surface area contributed by atoms with Crippen molar-refractivity contribution in [2.24, 2.45) is 0 Å². The van der Waals surface area contributed by atoms with Gasteiger partial charge < -0.3 is 23.4 Å². The highest BCUT2D eigenvalue weighted by molar-refractivity contribution is 5.81. The van der Waals surface area contributed by atoms with Gasteiger partial charge in [0.1, 0.15) is 28.6 Å². The zero-order valence-corrected chi connectivity index (χ0v) is 19.0. The van der Waals surface area contributed by atoms with Gasteiger partial charge >= 0.3 is 5.97 Å². The summed E-state index contributed by atoms with van der Waals surface area (Å²) >= 11 is 0. The van der Waals surface area contributed by atoms with E-state index in [1.807, 2.05) is 0 Å². The summed E-state index contributed by atoms with van der Waals surface area (Å²) < 4.78 is 92.8. The van der Waals surface area contributed by atoms with Crippen LogP contribution in [0.25, 0.3) is 11.0 Å². The normalized spacial score (nSPS) is 10.9. The van der Waals surface area contributed by atoms with Crippen LogP contribution in [0.15, 0.2) is 51.7 Å². The minimum atomic E-state index is -2.37. The quantitative estimate of drug-likeness (QED) is 0.103. The van der Waals surface area contributed by atoms with Gasteiger partial charge in [-0.05, 0) is 43.3 Å². The third kappa shape index (κ3) is 5.03. The van der Waals surface area contributed by atoms with Gasteiger partial charge in [0, 0.05) is 6.07 Å². The van der Waals surface area contributed by atoms with E-state index < -0.39 is 52.8 Å². The Morgan fingerprint density at radius 1 is 0.811 bits per heavy atom. The second kappa shape index (κ2) is 10.2. The maximum absolute atomic E-state index is 13.7. The molecule has 0 radical (unpaired) electrons. The number of fused-ring (bicyclic) bond motifs is 1. The molecule has 192 valence electrons. The molecule has 0 atom stereocenters. The van der Waals surface area contributed by atoms with Crippen LogP contribution in [-0.2, 0) is 4.79 Å². The van der Waals surface area contributed by atoms with Gasteiger partial charge in [0.05, 0.1) is 12.5 Å². The molecule has 1 heterocycles. The van der Waals surface area contributed by atoms with Gasteiger partial charge in [-0.2, -0.15) is 8.78 Å². The van der Waals surface area contributed by atoms with Gasteiger partial charge in [-0.25, -0.2) is 18.0 Å².